The van der Waals surface area contributed by atoms with Crippen molar-refractivity contribution in [3.05, 3.63) is 97.2 Å². The lowest BCUT2D eigenvalue weighted by molar-refractivity contribution is -0.167. The molecule has 0 aliphatic carbocycles. The second-order valence-electron chi connectivity index (χ2n) is 19.0. The summed E-state index contributed by atoms with van der Waals surface area (Å²) in [5, 5.41) is 0. The van der Waals surface area contributed by atoms with Gasteiger partial charge in [0.1, 0.15) is 13.2 Å². The number of allylic oxidation sites excluding steroid dienone is 16. The van der Waals surface area contributed by atoms with Gasteiger partial charge in [-0.2, -0.15) is 0 Å². The van der Waals surface area contributed by atoms with Gasteiger partial charge >= 0.3 is 17.9 Å². The maximum Gasteiger partial charge on any atom is 0.306 e. The Morgan fingerprint density at radius 2 is 0.580 bits per heavy atom. The maximum absolute atomic E-state index is 12.9. The lowest BCUT2D eigenvalue weighted by atomic mass is 10.1. The second-order valence-corrected chi connectivity index (χ2v) is 19.0. The van der Waals surface area contributed by atoms with Gasteiger partial charge in [0, 0.05) is 19.3 Å². The van der Waals surface area contributed by atoms with Gasteiger partial charge in [-0.3, -0.25) is 14.4 Å². The lowest BCUT2D eigenvalue weighted by Gasteiger charge is -2.18. The van der Waals surface area contributed by atoms with Gasteiger partial charge in [0.2, 0.25) is 0 Å². The fourth-order valence-electron chi connectivity index (χ4n) is 7.86. The predicted molar refractivity (Wildman–Crippen MR) is 297 cm³/mol. The number of hydrogen-bond donors (Lipinski definition) is 0. The SMILES string of the molecule is CC\C=C/C=C\C=C/C=C\C=C/CCCCCC(=O)OCC(COC(=O)CCCCCCC/C=C\C=C/CCCCCCCCC)OC(=O)CCCCCCC/C=C\CCCCCCCCCCC. The summed E-state index contributed by atoms with van der Waals surface area (Å²) >= 11 is 0. The number of carbonyl (C=O) groups excluding carboxylic acids is 3. The molecule has 0 saturated heterocycles. The zero-order valence-corrected chi connectivity index (χ0v) is 45.0. The van der Waals surface area contributed by atoms with E-state index >= 15 is 0 Å². The van der Waals surface area contributed by atoms with Crippen molar-refractivity contribution in [2.75, 3.05) is 13.2 Å². The zero-order valence-electron chi connectivity index (χ0n) is 45.0. The van der Waals surface area contributed by atoms with Crippen molar-refractivity contribution in [1.29, 1.82) is 0 Å². The summed E-state index contributed by atoms with van der Waals surface area (Å²) in [7, 11) is 0. The minimum absolute atomic E-state index is 0.103. The van der Waals surface area contributed by atoms with Gasteiger partial charge in [-0.25, -0.2) is 0 Å². The summed E-state index contributed by atoms with van der Waals surface area (Å²) < 4.78 is 16.8. The lowest BCUT2D eigenvalue weighted by Crippen LogP contribution is -2.30. The van der Waals surface area contributed by atoms with Crippen molar-refractivity contribution < 1.29 is 28.6 Å². The Kier molecular flexibility index (Phi) is 53.9. The molecule has 0 amide bonds. The Morgan fingerprint density at radius 3 is 0.957 bits per heavy atom. The van der Waals surface area contributed by atoms with E-state index < -0.39 is 6.10 Å². The third-order valence-corrected chi connectivity index (χ3v) is 12.2. The molecule has 394 valence electrons. The van der Waals surface area contributed by atoms with Gasteiger partial charge in [0.15, 0.2) is 6.10 Å². The third-order valence-electron chi connectivity index (χ3n) is 12.2. The molecule has 0 radical (unpaired) electrons. The van der Waals surface area contributed by atoms with Crippen LogP contribution in [-0.2, 0) is 28.6 Å². The molecule has 6 nitrogen and oxygen atoms in total. The Balaban J connectivity index is 4.49. The minimum Gasteiger partial charge on any atom is -0.462 e. The Labute approximate surface area is 426 Å². The quantitative estimate of drug-likeness (QED) is 0.0199. The number of hydrogen-bond acceptors (Lipinski definition) is 6. The molecular weight excluding hydrogens is 853 g/mol. The van der Waals surface area contributed by atoms with Crippen LogP contribution in [0, 0.1) is 0 Å². The second kappa shape index (κ2) is 56.9. The monoisotopic (exact) mass is 959 g/mol. The van der Waals surface area contributed by atoms with Gasteiger partial charge in [0.25, 0.3) is 0 Å². The fraction of sp³-hybridized carbons (Fsp3) is 0.698. The first kappa shape index (κ1) is 65.3. The van der Waals surface area contributed by atoms with Crippen molar-refractivity contribution in [3.8, 4) is 0 Å². The molecule has 1 atom stereocenters. The number of unbranched alkanes of at least 4 members (excludes halogenated alkanes) is 29. The van der Waals surface area contributed by atoms with E-state index in [4.69, 9.17) is 14.2 Å². The fourth-order valence-corrected chi connectivity index (χ4v) is 7.86. The molecule has 0 aromatic carbocycles. The summed E-state index contributed by atoms with van der Waals surface area (Å²) in [5.74, 6) is -0.965. The van der Waals surface area contributed by atoms with Crippen LogP contribution in [0.15, 0.2) is 97.2 Å². The van der Waals surface area contributed by atoms with E-state index in [2.05, 4.69) is 69.4 Å². The smallest absolute Gasteiger partial charge is 0.306 e. The Bertz CT molecular complexity index is 1380. The molecule has 0 N–H and O–H groups in total. The molecule has 0 heterocycles. The number of ether oxygens (including phenoxy) is 3. The molecule has 1 unspecified atom stereocenters. The summed E-state index contributed by atoms with van der Waals surface area (Å²) in [6, 6.07) is 0. The van der Waals surface area contributed by atoms with Crippen LogP contribution in [0.2, 0.25) is 0 Å². The standard InChI is InChI=1S/C63H106O6/c1-4-7-10-13-16-19-22-25-28-30-32-35-38-41-44-47-50-53-56-62(65)68-59-60(58-67-61(64)55-52-49-46-43-40-37-34-27-24-21-18-15-12-9-6-3)69-63(66)57-54-51-48-45-42-39-36-33-31-29-26-23-20-17-14-11-8-5-2/h9,12,15,18,21,24,27-28,30,32-37,40,60H,4-8,10-11,13-14,16-17,19-20,22-23,25-26,29,31,38-39,41-59H2,1-3H3/b12-9-,18-15-,24-21-,30-28-,34-27-,35-32-,36-33-,40-37-. The first-order valence-corrected chi connectivity index (χ1v) is 28.8. The van der Waals surface area contributed by atoms with Gasteiger partial charge in [-0.1, -0.05) is 253 Å². The van der Waals surface area contributed by atoms with Crippen molar-refractivity contribution in [1.82, 2.24) is 0 Å². The third kappa shape index (κ3) is 55.1. The highest BCUT2D eigenvalue weighted by Gasteiger charge is 2.19. The van der Waals surface area contributed by atoms with Crippen LogP contribution >= 0.6 is 0 Å². The van der Waals surface area contributed by atoms with Crippen molar-refractivity contribution in [2.24, 2.45) is 0 Å². The first-order chi connectivity index (χ1) is 34.0. The maximum atomic E-state index is 12.9. The van der Waals surface area contributed by atoms with Gasteiger partial charge in [-0.05, 0) is 89.9 Å². The van der Waals surface area contributed by atoms with Gasteiger partial charge in [-0.15, -0.1) is 0 Å². The van der Waals surface area contributed by atoms with E-state index in [1.54, 1.807) is 0 Å². The topological polar surface area (TPSA) is 78.9 Å². The molecule has 0 rings (SSSR count). The number of esters is 3. The van der Waals surface area contributed by atoms with E-state index in [1.807, 2.05) is 48.6 Å². The van der Waals surface area contributed by atoms with Gasteiger partial charge in [0.05, 0.1) is 0 Å². The average Bonchev–Trinajstić information content (AvgIpc) is 3.35. The van der Waals surface area contributed by atoms with Crippen molar-refractivity contribution >= 4 is 17.9 Å². The van der Waals surface area contributed by atoms with E-state index in [0.717, 1.165) is 103 Å². The number of rotatable bonds is 51. The molecule has 0 aliphatic heterocycles. The summed E-state index contributed by atoms with van der Waals surface area (Å²) in [6.07, 6.45) is 75.4. The largest absolute Gasteiger partial charge is 0.462 e. The van der Waals surface area contributed by atoms with Crippen molar-refractivity contribution in [2.45, 2.75) is 271 Å². The highest BCUT2D eigenvalue weighted by Crippen LogP contribution is 2.14. The van der Waals surface area contributed by atoms with Crippen molar-refractivity contribution in [3.63, 3.8) is 0 Å². The Hall–Kier alpha value is -3.67. The molecule has 69 heavy (non-hydrogen) atoms. The van der Waals surface area contributed by atoms with Crippen LogP contribution in [0.3, 0.4) is 0 Å². The normalized spacial score (nSPS) is 12.8. The highest BCUT2D eigenvalue weighted by molar-refractivity contribution is 5.71. The molecule has 0 fully saturated rings. The number of carbonyl (C=O) groups is 3. The van der Waals surface area contributed by atoms with E-state index in [-0.39, 0.29) is 31.1 Å². The van der Waals surface area contributed by atoms with Crippen LogP contribution in [0.4, 0.5) is 0 Å². The van der Waals surface area contributed by atoms with E-state index in [1.165, 1.54) is 122 Å². The molecule has 0 aliphatic rings. The molecule has 0 bridgehead atoms. The predicted octanol–water partition coefficient (Wildman–Crippen LogP) is 19.3. The highest BCUT2D eigenvalue weighted by atomic mass is 16.6. The molecule has 0 aromatic heterocycles. The van der Waals surface area contributed by atoms with Crippen LogP contribution in [0.25, 0.3) is 0 Å². The average molecular weight is 960 g/mol. The van der Waals surface area contributed by atoms with Crippen LogP contribution in [0.5, 0.6) is 0 Å². The minimum atomic E-state index is -0.807. The summed E-state index contributed by atoms with van der Waals surface area (Å²) in [4.78, 5) is 38.1. The van der Waals surface area contributed by atoms with E-state index in [0.29, 0.717) is 19.3 Å². The molecular formula is C63H106O6. The summed E-state index contributed by atoms with van der Waals surface area (Å²) in [6.45, 7) is 6.45. The molecule has 0 spiro atoms. The molecule has 6 heteroatoms. The molecule has 0 saturated carbocycles. The zero-order chi connectivity index (χ0) is 50.0. The van der Waals surface area contributed by atoms with Gasteiger partial charge < -0.3 is 14.2 Å². The van der Waals surface area contributed by atoms with E-state index in [9.17, 15) is 14.4 Å². The van der Waals surface area contributed by atoms with Crippen LogP contribution < -0.4 is 0 Å². The molecule has 0 aromatic rings. The van der Waals surface area contributed by atoms with Crippen LogP contribution in [0.1, 0.15) is 265 Å². The summed E-state index contributed by atoms with van der Waals surface area (Å²) in [5.41, 5.74) is 0. The van der Waals surface area contributed by atoms with Crippen LogP contribution in [-0.4, -0.2) is 37.2 Å². The first-order valence-electron chi connectivity index (χ1n) is 28.8. The Morgan fingerprint density at radius 1 is 0.304 bits per heavy atom.